The van der Waals surface area contributed by atoms with Crippen LogP contribution in [0.4, 0.5) is 0 Å². The number of hydrogen-bond acceptors (Lipinski definition) is 5. The molecule has 0 radical (unpaired) electrons. The van der Waals surface area contributed by atoms with Gasteiger partial charge in [0.25, 0.3) is 0 Å². The number of rotatable bonds is 5. The van der Waals surface area contributed by atoms with Crippen molar-refractivity contribution in [2.75, 3.05) is 0 Å². The highest BCUT2D eigenvalue weighted by atomic mass is 32.1. The zero-order valence-corrected chi connectivity index (χ0v) is 11.0. The van der Waals surface area contributed by atoms with Crippen LogP contribution in [-0.2, 0) is 9.59 Å². The topological polar surface area (TPSA) is 82.3 Å². The second-order valence-corrected chi connectivity index (χ2v) is 4.97. The van der Waals surface area contributed by atoms with Gasteiger partial charge in [-0.1, -0.05) is 19.2 Å². The summed E-state index contributed by atoms with van der Waals surface area (Å²) in [7, 11) is 0. The lowest BCUT2D eigenvalue weighted by Crippen LogP contribution is -2.37. The summed E-state index contributed by atoms with van der Waals surface area (Å²) in [6.07, 6.45) is 0.0301. The molecule has 1 unspecified atom stereocenters. The monoisotopic (exact) mass is 278 g/mol. The number of thiophene rings is 1. The van der Waals surface area contributed by atoms with Crippen molar-refractivity contribution < 1.29 is 9.59 Å². The lowest BCUT2D eigenvalue weighted by atomic mass is 10.0. The predicted molar refractivity (Wildman–Crippen MR) is 73.2 cm³/mol. The van der Waals surface area contributed by atoms with E-state index in [4.69, 9.17) is 0 Å². The molecule has 1 aliphatic rings. The van der Waals surface area contributed by atoms with Gasteiger partial charge in [-0.3, -0.25) is 25.9 Å². The van der Waals surface area contributed by atoms with Crippen LogP contribution in [0.25, 0.3) is 5.70 Å². The van der Waals surface area contributed by atoms with Gasteiger partial charge in [0.15, 0.2) is 0 Å². The molecule has 1 aliphatic heterocycles. The van der Waals surface area contributed by atoms with Crippen molar-refractivity contribution in [3.63, 3.8) is 0 Å². The summed E-state index contributed by atoms with van der Waals surface area (Å²) >= 11 is 1.51. The number of carbonyl (C=O) groups excluding carboxylic acids is 2. The minimum Gasteiger partial charge on any atom is -0.302 e. The van der Waals surface area contributed by atoms with Gasteiger partial charge in [-0.2, -0.15) is 0 Å². The van der Waals surface area contributed by atoms with Crippen molar-refractivity contribution >= 4 is 28.8 Å². The molecule has 7 heteroatoms. The van der Waals surface area contributed by atoms with Crippen LogP contribution in [0.2, 0.25) is 0 Å². The second-order valence-electron chi connectivity index (χ2n) is 4.03. The fourth-order valence-corrected chi connectivity index (χ4v) is 2.24. The Bertz CT molecular complexity index is 508. The molecule has 2 heterocycles. The second kappa shape index (κ2) is 5.57. The number of nitrogens with one attached hydrogen (secondary N) is 4. The Morgan fingerprint density at radius 2 is 2.21 bits per heavy atom. The van der Waals surface area contributed by atoms with Crippen LogP contribution in [0.15, 0.2) is 36.4 Å². The van der Waals surface area contributed by atoms with E-state index in [-0.39, 0.29) is 18.2 Å². The third-order valence-corrected chi connectivity index (χ3v) is 3.57. The maximum absolute atomic E-state index is 11.7. The molecule has 1 aromatic rings. The lowest BCUT2D eigenvalue weighted by Gasteiger charge is -2.11. The Hall–Kier alpha value is -2.28. The quantitative estimate of drug-likeness (QED) is 0.591. The van der Waals surface area contributed by atoms with Gasteiger partial charge in [0.2, 0.25) is 11.8 Å². The molecule has 0 bridgehead atoms. The first kappa shape index (κ1) is 13.2. The van der Waals surface area contributed by atoms with E-state index < -0.39 is 5.92 Å². The maximum atomic E-state index is 11.7. The minimum atomic E-state index is -0.545. The Balaban J connectivity index is 1.80. The Morgan fingerprint density at radius 3 is 2.79 bits per heavy atom. The molecular formula is C12H14N4O2S. The summed E-state index contributed by atoms with van der Waals surface area (Å²) in [5.41, 5.74) is 11.3. The molecule has 1 saturated heterocycles. The van der Waals surface area contributed by atoms with Crippen LogP contribution in [0.3, 0.4) is 0 Å². The molecule has 4 N–H and O–H groups in total. The van der Waals surface area contributed by atoms with Crippen LogP contribution >= 0.6 is 11.3 Å². The van der Waals surface area contributed by atoms with E-state index in [0.717, 1.165) is 4.88 Å². The number of hydrogen-bond donors (Lipinski definition) is 4. The normalized spacial score (nSPS) is 17.6. The van der Waals surface area contributed by atoms with Crippen molar-refractivity contribution in [2.45, 2.75) is 6.42 Å². The lowest BCUT2D eigenvalue weighted by molar-refractivity contribution is -0.128. The summed E-state index contributed by atoms with van der Waals surface area (Å²) in [5, 5.41) is 1.92. The summed E-state index contributed by atoms with van der Waals surface area (Å²) in [4.78, 5) is 24.0. The van der Waals surface area contributed by atoms with E-state index in [0.29, 0.717) is 11.4 Å². The molecule has 6 nitrogen and oxygen atoms in total. The van der Waals surface area contributed by atoms with Gasteiger partial charge in [-0.15, -0.1) is 11.3 Å². The van der Waals surface area contributed by atoms with Gasteiger partial charge in [0.1, 0.15) is 0 Å². The third-order valence-electron chi connectivity index (χ3n) is 2.64. The number of amides is 2. The van der Waals surface area contributed by atoms with Crippen molar-refractivity contribution in [3.05, 3.63) is 41.2 Å². The molecule has 2 amide bonds. The summed E-state index contributed by atoms with van der Waals surface area (Å²) < 4.78 is 0. The van der Waals surface area contributed by atoms with Crippen LogP contribution in [0, 0.1) is 5.92 Å². The Kier molecular flexibility index (Phi) is 3.86. The van der Waals surface area contributed by atoms with Crippen LogP contribution in [0.5, 0.6) is 0 Å². The van der Waals surface area contributed by atoms with E-state index in [2.05, 4.69) is 34.9 Å². The van der Waals surface area contributed by atoms with Gasteiger partial charge in [0.05, 0.1) is 16.5 Å². The third kappa shape index (κ3) is 3.14. The Labute approximate surface area is 114 Å². The summed E-state index contributed by atoms with van der Waals surface area (Å²) in [6, 6.07) is 3.79. The molecule has 1 atom stereocenters. The molecule has 100 valence electrons. The van der Waals surface area contributed by atoms with Crippen LogP contribution in [0.1, 0.15) is 11.3 Å². The van der Waals surface area contributed by atoms with Gasteiger partial charge in [-0.05, 0) is 11.4 Å². The molecule has 1 aromatic heterocycles. The van der Waals surface area contributed by atoms with E-state index in [1.807, 2.05) is 17.5 Å². The molecule has 1 fully saturated rings. The van der Waals surface area contributed by atoms with Gasteiger partial charge in [0, 0.05) is 12.1 Å². The molecule has 19 heavy (non-hydrogen) atoms. The molecule has 2 rings (SSSR count). The fourth-order valence-electron chi connectivity index (χ4n) is 1.58. The van der Waals surface area contributed by atoms with Gasteiger partial charge in [-0.25, -0.2) is 0 Å². The summed E-state index contributed by atoms with van der Waals surface area (Å²) in [5.74, 6) is -1.10. The number of carbonyl (C=O) groups is 2. The van der Waals surface area contributed by atoms with Gasteiger partial charge < -0.3 is 5.43 Å². The van der Waals surface area contributed by atoms with Crippen molar-refractivity contribution in [2.24, 2.45) is 5.92 Å². The van der Waals surface area contributed by atoms with Crippen molar-refractivity contribution in [1.29, 1.82) is 0 Å². The Morgan fingerprint density at radius 1 is 1.42 bits per heavy atom. The molecule has 0 aliphatic carbocycles. The first-order valence-electron chi connectivity index (χ1n) is 5.60. The highest BCUT2D eigenvalue weighted by Crippen LogP contribution is 2.16. The largest absolute Gasteiger partial charge is 0.302 e. The van der Waals surface area contributed by atoms with E-state index in [1.54, 1.807) is 0 Å². The average Bonchev–Trinajstić information content (AvgIpc) is 3.01. The smallest absolute Gasteiger partial charge is 0.247 e. The molecule has 0 spiro atoms. The first-order chi connectivity index (χ1) is 9.08. The van der Waals surface area contributed by atoms with Crippen LogP contribution in [-0.4, -0.2) is 11.8 Å². The summed E-state index contributed by atoms with van der Waals surface area (Å²) in [6.45, 7) is 7.47. The zero-order valence-electron chi connectivity index (χ0n) is 10.2. The number of hydrazine groups is 2. The van der Waals surface area contributed by atoms with Crippen molar-refractivity contribution in [1.82, 2.24) is 21.7 Å². The van der Waals surface area contributed by atoms with E-state index in [9.17, 15) is 9.59 Å². The van der Waals surface area contributed by atoms with Crippen molar-refractivity contribution in [3.8, 4) is 0 Å². The molecule has 0 aromatic carbocycles. The van der Waals surface area contributed by atoms with Gasteiger partial charge >= 0.3 is 0 Å². The van der Waals surface area contributed by atoms with Crippen LogP contribution < -0.4 is 21.7 Å². The first-order valence-corrected chi connectivity index (χ1v) is 6.48. The average molecular weight is 278 g/mol. The highest BCUT2D eigenvalue weighted by Gasteiger charge is 2.30. The SMILES string of the molecule is C=C(NNC(=O)CC1C(=C)NNC1=O)c1cccs1. The molecule has 0 saturated carbocycles. The standard InChI is InChI=1S/C12H14N4O2S/c1-7-9(12(18)16-13-7)6-11(17)15-14-8(2)10-4-3-5-19-10/h3-5,9,13-14H,1-2,6H2,(H,15,17)(H,16,18). The highest BCUT2D eigenvalue weighted by molar-refractivity contribution is 7.11. The zero-order chi connectivity index (χ0) is 13.8. The van der Waals surface area contributed by atoms with E-state index in [1.165, 1.54) is 11.3 Å². The maximum Gasteiger partial charge on any atom is 0.247 e. The fraction of sp³-hybridized carbons (Fsp3) is 0.167. The molecular weight excluding hydrogens is 264 g/mol. The predicted octanol–water partition coefficient (Wildman–Crippen LogP) is 0.494. The minimum absolute atomic E-state index is 0.0301. The van der Waals surface area contributed by atoms with E-state index >= 15 is 0 Å².